The lowest BCUT2D eigenvalue weighted by Crippen LogP contribution is -2.06. The van der Waals surface area contributed by atoms with Crippen LogP contribution in [0.3, 0.4) is 0 Å². The zero-order chi connectivity index (χ0) is 15.2. The summed E-state index contributed by atoms with van der Waals surface area (Å²) in [5.74, 6) is -0.230. The molecule has 0 aliphatic rings. The summed E-state index contributed by atoms with van der Waals surface area (Å²) < 4.78 is 16.1. The van der Waals surface area contributed by atoms with Crippen molar-refractivity contribution in [2.45, 2.75) is 6.61 Å². The molecule has 2 aromatic rings. The van der Waals surface area contributed by atoms with E-state index in [1.807, 2.05) is 30.3 Å². The van der Waals surface area contributed by atoms with Gasteiger partial charge in [-0.15, -0.1) is 0 Å². The van der Waals surface area contributed by atoms with E-state index in [2.05, 4.69) is 0 Å². The van der Waals surface area contributed by atoms with E-state index in [-0.39, 0.29) is 23.7 Å². The molecular formula is C16H16O5. The van der Waals surface area contributed by atoms with Crippen LogP contribution in [-0.4, -0.2) is 25.3 Å². The first-order valence-corrected chi connectivity index (χ1v) is 6.32. The lowest BCUT2D eigenvalue weighted by Gasteiger charge is -2.16. The molecule has 0 aliphatic carbocycles. The number of carboxylic acids is 1. The van der Waals surface area contributed by atoms with Gasteiger partial charge in [-0.25, -0.2) is 4.79 Å². The molecule has 0 fully saturated rings. The minimum absolute atomic E-state index is 0.0311. The third-order valence-electron chi connectivity index (χ3n) is 2.96. The molecule has 5 nitrogen and oxygen atoms in total. The summed E-state index contributed by atoms with van der Waals surface area (Å²) in [5.41, 5.74) is 0.960. The van der Waals surface area contributed by atoms with Crippen molar-refractivity contribution in [1.82, 2.24) is 0 Å². The van der Waals surface area contributed by atoms with Crippen LogP contribution < -0.4 is 14.2 Å². The highest BCUT2D eigenvalue weighted by atomic mass is 16.5. The number of benzene rings is 2. The molecule has 0 saturated heterocycles. The van der Waals surface area contributed by atoms with Crippen molar-refractivity contribution in [2.24, 2.45) is 0 Å². The average molecular weight is 288 g/mol. The van der Waals surface area contributed by atoms with Crippen LogP contribution in [0.1, 0.15) is 15.9 Å². The van der Waals surface area contributed by atoms with Crippen LogP contribution in [0.5, 0.6) is 17.2 Å². The van der Waals surface area contributed by atoms with E-state index in [1.54, 1.807) is 0 Å². The molecule has 0 unspecified atom stereocenters. The van der Waals surface area contributed by atoms with E-state index < -0.39 is 5.97 Å². The second-order valence-electron chi connectivity index (χ2n) is 4.26. The molecule has 0 amide bonds. The summed E-state index contributed by atoms with van der Waals surface area (Å²) >= 11 is 0. The number of carbonyl (C=O) groups is 1. The van der Waals surface area contributed by atoms with E-state index in [9.17, 15) is 9.90 Å². The van der Waals surface area contributed by atoms with Crippen LogP contribution in [-0.2, 0) is 6.61 Å². The van der Waals surface area contributed by atoms with Crippen molar-refractivity contribution in [3.05, 3.63) is 53.6 Å². The lowest BCUT2D eigenvalue weighted by atomic mass is 10.1. The molecule has 5 heteroatoms. The van der Waals surface area contributed by atoms with E-state index in [4.69, 9.17) is 14.2 Å². The second kappa shape index (κ2) is 6.65. The topological polar surface area (TPSA) is 65.0 Å². The van der Waals surface area contributed by atoms with Gasteiger partial charge in [-0.1, -0.05) is 30.3 Å². The first-order valence-electron chi connectivity index (χ1n) is 6.32. The lowest BCUT2D eigenvalue weighted by molar-refractivity contribution is 0.0690. The zero-order valence-corrected chi connectivity index (χ0v) is 11.8. The molecule has 0 heterocycles. The van der Waals surface area contributed by atoms with Gasteiger partial charge in [-0.3, -0.25) is 0 Å². The van der Waals surface area contributed by atoms with Gasteiger partial charge in [0, 0.05) is 0 Å². The smallest absolute Gasteiger partial charge is 0.339 e. The first kappa shape index (κ1) is 14.7. The van der Waals surface area contributed by atoms with E-state index in [0.717, 1.165) is 5.56 Å². The summed E-state index contributed by atoms with van der Waals surface area (Å²) in [6.07, 6.45) is 0. The standard InChI is InChI=1S/C16H16O5/c1-19-13-9-8-12(16(17)18)14(15(13)20-2)21-10-11-6-4-3-5-7-11/h3-9H,10H2,1-2H3,(H,17,18). The van der Waals surface area contributed by atoms with Crippen molar-refractivity contribution in [1.29, 1.82) is 0 Å². The number of aromatic carboxylic acids is 1. The molecule has 0 aromatic heterocycles. The Hall–Kier alpha value is -2.69. The Balaban J connectivity index is 2.36. The fourth-order valence-corrected chi connectivity index (χ4v) is 1.94. The summed E-state index contributed by atoms with van der Waals surface area (Å²) in [6.45, 7) is 0.241. The first-order chi connectivity index (χ1) is 10.2. The molecule has 21 heavy (non-hydrogen) atoms. The van der Waals surface area contributed by atoms with Gasteiger partial charge in [0.05, 0.1) is 14.2 Å². The Morgan fingerprint density at radius 2 is 1.71 bits per heavy atom. The van der Waals surface area contributed by atoms with Crippen LogP contribution in [0, 0.1) is 0 Å². The largest absolute Gasteiger partial charge is 0.493 e. The molecule has 2 aromatic carbocycles. The molecule has 2 rings (SSSR count). The fourth-order valence-electron chi connectivity index (χ4n) is 1.94. The maximum atomic E-state index is 11.3. The van der Waals surface area contributed by atoms with Crippen molar-refractivity contribution in [3.8, 4) is 17.2 Å². The van der Waals surface area contributed by atoms with Crippen molar-refractivity contribution >= 4 is 5.97 Å². The van der Waals surface area contributed by atoms with Gasteiger partial charge >= 0.3 is 5.97 Å². The maximum Gasteiger partial charge on any atom is 0.339 e. The molecular weight excluding hydrogens is 272 g/mol. The van der Waals surface area contributed by atoms with Crippen LogP contribution in [0.4, 0.5) is 0 Å². The van der Waals surface area contributed by atoms with Crippen LogP contribution in [0.2, 0.25) is 0 Å². The zero-order valence-electron chi connectivity index (χ0n) is 11.8. The highest BCUT2D eigenvalue weighted by molar-refractivity contribution is 5.92. The average Bonchev–Trinajstić information content (AvgIpc) is 2.52. The van der Waals surface area contributed by atoms with Crippen LogP contribution >= 0.6 is 0 Å². The highest BCUT2D eigenvalue weighted by Gasteiger charge is 2.20. The summed E-state index contributed by atoms with van der Waals surface area (Å²) in [4.78, 5) is 11.3. The summed E-state index contributed by atoms with van der Waals surface area (Å²) in [5, 5.41) is 9.27. The van der Waals surface area contributed by atoms with Crippen LogP contribution in [0.15, 0.2) is 42.5 Å². The number of hydrogen-bond acceptors (Lipinski definition) is 4. The number of carboxylic acid groups (broad SMARTS) is 1. The Bertz CT molecular complexity index is 622. The normalized spacial score (nSPS) is 10.0. The molecule has 0 radical (unpaired) electrons. The van der Waals surface area contributed by atoms with Gasteiger partial charge in [0.25, 0.3) is 0 Å². The number of hydrogen-bond donors (Lipinski definition) is 1. The van der Waals surface area contributed by atoms with Crippen LogP contribution in [0.25, 0.3) is 0 Å². The Morgan fingerprint density at radius 1 is 1.00 bits per heavy atom. The van der Waals surface area contributed by atoms with Gasteiger partial charge in [-0.2, -0.15) is 0 Å². The Kier molecular flexibility index (Phi) is 4.66. The van der Waals surface area contributed by atoms with Crippen molar-refractivity contribution < 1.29 is 24.1 Å². The quantitative estimate of drug-likeness (QED) is 0.885. The SMILES string of the molecule is COc1ccc(C(=O)O)c(OCc2ccccc2)c1OC. The second-order valence-corrected chi connectivity index (χ2v) is 4.26. The minimum Gasteiger partial charge on any atom is -0.493 e. The van der Waals surface area contributed by atoms with Gasteiger partial charge in [0.15, 0.2) is 11.5 Å². The molecule has 0 saturated carbocycles. The van der Waals surface area contributed by atoms with Gasteiger partial charge in [0.1, 0.15) is 12.2 Å². The monoisotopic (exact) mass is 288 g/mol. The predicted molar refractivity (Wildman–Crippen MR) is 77.3 cm³/mol. The molecule has 0 aliphatic heterocycles. The van der Waals surface area contributed by atoms with E-state index in [1.165, 1.54) is 26.4 Å². The molecule has 0 spiro atoms. The van der Waals surface area contributed by atoms with Gasteiger partial charge in [-0.05, 0) is 17.7 Å². The highest BCUT2D eigenvalue weighted by Crippen LogP contribution is 2.40. The Labute approximate surface area is 122 Å². The third kappa shape index (κ3) is 3.25. The summed E-state index contributed by atoms with van der Waals surface area (Å²) in [6, 6.07) is 12.4. The molecule has 0 atom stereocenters. The van der Waals surface area contributed by atoms with Crippen molar-refractivity contribution in [3.63, 3.8) is 0 Å². The van der Waals surface area contributed by atoms with Gasteiger partial charge in [0.2, 0.25) is 5.75 Å². The fraction of sp³-hybridized carbons (Fsp3) is 0.188. The number of methoxy groups -OCH3 is 2. The molecule has 110 valence electrons. The van der Waals surface area contributed by atoms with E-state index >= 15 is 0 Å². The number of rotatable bonds is 6. The number of ether oxygens (including phenoxy) is 3. The predicted octanol–water partition coefficient (Wildman–Crippen LogP) is 2.98. The summed E-state index contributed by atoms with van der Waals surface area (Å²) in [7, 11) is 2.93. The van der Waals surface area contributed by atoms with Crippen molar-refractivity contribution in [2.75, 3.05) is 14.2 Å². The molecule has 1 N–H and O–H groups in total. The van der Waals surface area contributed by atoms with Gasteiger partial charge < -0.3 is 19.3 Å². The Morgan fingerprint density at radius 3 is 2.29 bits per heavy atom. The minimum atomic E-state index is -1.08. The van der Waals surface area contributed by atoms with E-state index in [0.29, 0.717) is 5.75 Å². The third-order valence-corrected chi connectivity index (χ3v) is 2.96. The maximum absolute atomic E-state index is 11.3. The molecule has 0 bridgehead atoms.